The van der Waals surface area contributed by atoms with Gasteiger partial charge in [0.1, 0.15) is 5.82 Å². The van der Waals surface area contributed by atoms with Crippen LogP contribution in [0.15, 0.2) is 24.3 Å². The standard InChI is InChI=1S/C13H17FN2O2S/c1-18-9-8-16(7-6-12(15)19)13(17)10-4-2-3-5-11(10)14/h2-5H,6-9H2,1H3,(H2,15,19). The summed E-state index contributed by atoms with van der Waals surface area (Å²) in [6.45, 7) is 1.09. The number of nitrogens with two attached hydrogens (primary N) is 1. The molecule has 0 aromatic heterocycles. The zero-order valence-corrected chi connectivity index (χ0v) is 11.6. The van der Waals surface area contributed by atoms with Gasteiger partial charge in [0.05, 0.1) is 17.2 Å². The topological polar surface area (TPSA) is 55.6 Å². The highest BCUT2D eigenvalue weighted by Gasteiger charge is 2.18. The van der Waals surface area contributed by atoms with Crippen LogP contribution in [0.3, 0.4) is 0 Å². The summed E-state index contributed by atoms with van der Waals surface area (Å²) in [5.41, 5.74) is 5.47. The molecule has 0 atom stereocenters. The van der Waals surface area contributed by atoms with Gasteiger partial charge in [-0.05, 0) is 12.1 Å². The SMILES string of the molecule is COCCN(CCC(N)=S)C(=O)c1ccccc1F. The molecule has 1 rings (SSSR count). The van der Waals surface area contributed by atoms with E-state index in [2.05, 4.69) is 0 Å². The lowest BCUT2D eigenvalue weighted by molar-refractivity contribution is 0.0696. The van der Waals surface area contributed by atoms with Crippen molar-refractivity contribution in [2.75, 3.05) is 26.8 Å². The minimum absolute atomic E-state index is 0.0431. The molecule has 19 heavy (non-hydrogen) atoms. The average molecular weight is 284 g/mol. The van der Waals surface area contributed by atoms with Gasteiger partial charge in [-0.15, -0.1) is 0 Å². The van der Waals surface area contributed by atoms with Gasteiger partial charge in [-0.3, -0.25) is 4.79 Å². The first-order valence-corrected chi connectivity index (χ1v) is 6.28. The number of amides is 1. The third-order valence-electron chi connectivity index (χ3n) is 2.58. The number of thiocarbonyl (C=S) groups is 1. The number of halogens is 1. The van der Waals surface area contributed by atoms with Crippen LogP contribution in [0.2, 0.25) is 0 Å². The smallest absolute Gasteiger partial charge is 0.256 e. The molecule has 4 nitrogen and oxygen atoms in total. The lowest BCUT2D eigenvalue weighted by Crippen LogP contribution is -2.36. The molecule has 0 heterocycles. The lowest BCUT2D eigenvalue weighted by atomic mass is 10.2. The number of rotatable bonds is 7. The van der Waals surface area contributed by atoms with Gasteiger partial charge in [-0.2, -0.15) is 0 Å². The van der Waals surface area contributed by atoms with Crippen molar-refractivity contribution >= 4 is 23.1 Å². The Morgan fingerprint density at radius 3 is 2.68 bits per heavy atom. The Kier molecular flexibility index (Phi) is 6.38. The maximum atomic E-state index is 13.6. The summed E-state index contributed by atoms with van der Waals surface area (Å²) >= 11 is 4.79. The largest absolute Gasteiger partial charge is 0.393 e. The number of hydrogen-bond donors (Lipinski definition) is 1. The Morgan fingerprint density at radius 2 is 2.11 bits per heavy atom. The molecule has 0 aliphatic carbocycles. The van der Waals surface area contributed by atoms with E-state index in [1.807, 2.05) is 0 Å². The molecule has 0 saturated carbocycles. The van der Waals surface area contributed by atoms with Crippen molar-refractivity contribution in [2.24, 2.45) is 5.73 Å². The predicted octanol–water partition coefficient (Wildman–Crippen LogP) is 1.59. The van der Waals surface area contributed by atoms with Crippen LogP contribution < -0.4 is 5.73 Å². The highest BCUT2D eigenvalue weighted by molar-refractivity contribution is 7.80. The van der Waals surface area contributed by atoms with Crippen LogP contribution in [0, 0.1) is 5.82 Å². The normalized spacial score (nSPS) is 10.2. The highest BCUT2D eigenvalue weighted by atomic mass is 32.1. The lowest BCUT2D eigenvalue weighted by Gasteiger charge is -2.22. The molecule has 1 aromatic rings. The first-order chi connectivity index (χ1) is 9.06. The molecular formula is C13H17FN2O2S. The van der Waals surface area contributed by atoms with Crippen LogP contribution >= 0.6 is 12.2 Å². The maximum absolute atomic E-state index is 13.6. The number of methoxy groups -OCH3 is 1. The van der Waals surface area contributed by atoms with Crippen LogP contribution in [0.4, 0.5) is 4.39 Å². The van der Waals surface area contributed by atoms with Gasteiger partial charge in [-0.1, -0.05) is 24.4 Å². The first-order valence-electron chi connectivity index (χ1n) is 5.87. The molecule has 6 heteroatoms. The number of hydrogen-bond acceptors (Lipinski definition) is 3. The Morgan fingerprint density at radius 1 is 1.42 bits per heavy atom. The Hall–Kier alpha value is -1.53. The third kappa shape index (κ3) is 4.92. The summed E-state index contributed by atoms with van der Waals surface area (Å²) < 4.78 is 18.5. The highest BCUT2D eigenvalue weighted by Crippen LogP contribution is 2.10. The van der Waals surface area contributed by atoms with Gasteiger partial charge in [0.15, 0.2) is 0 Å². The van der Waals surface area contributed by atoms with Crippen molar-refractivity contribution < 1.29 is 13.9 Å². The van der Waals surface area contributed by atoms with Crippen molar-refractivity contribution in [3.63, 3.8) is 0 Å². The minimum Gasteiger partial charge on any atom is -0.393 e. The van der Waals surface area contributed by atoms with Gasteiger partial charge >= 0.3 is 0 Å². The van der Waals surface area contributed by atoms with E-state index in [0.29, 0.717) is 31.1 Å². The second-order valence-electron chi connectivity index (χ2n) is 3.98. The summed E-state index contributed by atoms with van der Waals surface area (Å²) in [6.07, 6.45) is 0.402. The van der Waals surface area contributed by atoms with E-state index in [1.165, 1.54) is 17.0 Å². The third-order valence-corrected chi connectivity index (χ3v) is 2.79. The fourth-order valence-corrected chi connectivity index (χ4v) is 1.66. The predicted molar refractivity (Wildman–Crippen MR) is 75.6 cm³/mol. The molecule has 0 aliphatic heterocycles. The van der Waals surface area contributed by atoms with E-state index in [-0.39, 0.29) is 11.5 Å². The fourth-order valence-electron chi connectivity index (χ4n) is 1.57. The average Bonchev–Trinajstić information content (AvgIpc) is 2.38. The monoisotopic (exact) mass is 284 g/mol. The van der Waals surface area contributed by atoms with E-state index < -0.39 is 5.82 Å². The number of carbonyl (C=O) groups is 1. The van der Waals surface area contributed by atoms with Crippen molar-refractivity contribution in [1.29, 1.82) is 0 Å². The van der Waals surface area contributed by atoms with Crippen LogP contribution in [-0.2, 0) is 4.74 Å². The second-order valence-corrected chi connectivity index (χ2v) is 4.51. The van der Waals surface area contributed by atoms with Crippen LogP contribution in [-0.4, -0.2) is 42.6 Å². The number of nitrogens with zero attached hydrogens (tertiary/aromatic N) is 1. The number of ether oxygens (including phenoxy) is 1. The zero-order valence-electron chi connectivity index (χ0n) is 10.8. The van der Waals surface area contributed by atoms with Crippen LogP contribution in [0.25, 0.3) is 0 Å². The molecule has 0 bridgehead atoms. The summed E-state index contributed by atoms with van der Waals surface area (Å²) in [5.74, 6) is -0.920. The van der Waals surface area contributed by atoms with E-state index in [4.69, 9.17) is 22.7 Å². The van der Waals surface area contributed by atoms with Crippen molar-refractivity contribution in [1.82, 2.24) is 4.90 Å². The van der Waals surface area contributed by atoms with Gasteiger partial charge in [0, 0.05) is 26.6 Å². The van der Waals surface area contributed by atoms with Crippen LogP contribution in [0.5, 0.6) is 0 Å². The molecular weight excluding hydrogens is 267 g/mol. The minimum atomic E-state index is -0.537. The summed E-state index contributed by atoms with van der Waals surface area (Å²) in [6, 6.07) is 5.88. The summed E-state index contributed by atoms with van der Waals surface area (Å²) in [4.78, 5) is 14.0. The molecule has 104 valence electrons. The van der Waals surface area contributed by atoms with Gasteiger partial charge < -0.3 is 15.4 Å². The first kappa shape index (κ1) is 15.5. The molecule has 0 saturated heterocycles. The van der Waals surface area contributed by atoms with Gasteiger partial charge in [0.2, 0.25) is 0 Å². The molecule has 2 N–H and O–H groups in total. The second kappa shape index (κ2) is 7.81. The number of carbonyl (C=O) groups excluding carboxylic acids is 1. The van der Waals surface area contributed by atoms with E-state index in [9.17, 15) is 9.18 Å². The fraction of sp³-hybridized carbons (Fsp3) is 0.385. The van der Waals surface area contributed by atoms with E-state index >= 15 is 0 Å². The molecule has 1 amide bonds. The van der Waals surface area contributed by atoms with Crippen LogP contribution in [0.1, 0.15) is 16.8 Å². The quantitative estimate of drug-likeness (QED) is 0.773. The molecule has 0 unspecified atom stereocenters. The molecule has 0 radical (unpaired) electrons. The Bertz CT molecular complexity index is 454. The Balaban J connectivity index is 2.81. The van der Waals surface area contributed by atoms with E-state index in [1.54, 1.807) is 19.2 Å². The molecule has 1 aromatic carbocycles. The maximum Gasteiger partial charge on any atom is 0.256 e. The van der Waals surface area contributed by atoms with Crippen molar-refractivity contribution in [3.8, 4) is 0 Å². The molecule has 0 spiro atoms. The Labute approximate surface area is 117 Å². The zero-order chi connectivity index (χ0) is 14.3. The molecule has 0 aliphatic rings. The van der Waals surface area contributed by atoms with Gasteiger partial charge in [0.25, 0.3) is 5.91 Å². The van der Waals surface area contributed by atoms with Crippen molar-refractivity contribution in [3.05, 3.63) is 35.6 Å². The summed E-state index contributed by atoms with van der Waals surface area (Å²) in [5, 5.41) is 0. The van der Waals surface area contributed by atoms with Gasteiger partial charge in [-0.25, -0.2) is 4.39 Å². The van der Waals surface area contributed by atoms with Crippen molar-refractivity contribution in [2.45, 2.75) is 6.42 Å². The molecule has 0 fully saturated rings. The number of benzene rings is 1. The summed E-state index contributed by atoms with van der Waals surface area (Å²) in [7, 11) is 1.54. The van der Waals surface area contributed by atoms with E-state index in [0.717, 1.165) is 0 Å².